The first-order valence-corrected chi connectivity index (χ1v) is 3.27. The molecule has 1 rings (SSSR count). The Hall–Kier alpha value is -0.900. The van der Waals surface area contributed by atoms with Gasteiger partial charge in [0.2, 0.25) is 0 Å². The minimum absolute atomic E-state index is 0.881. The molecule has 0 saturated heterocycles. The van der Waals surface area contributed by atoms with E-state index in [0.717, 1.165) is 24.4 Å². The SMILES string of the molecule is CNCCc1nonc1C. The highest BCUT2D eigenvalue weighted by atomic mass is 16.6. The monoisotopic (exact) mass is 141 g/mol. The predicted molar refractivity (Wildman–Crippen MR) is 36.7 cm³/mol. The van der Waals surface area contributed by atoms with Gasteiger partial charge in [-0.15, -0.1) is 0 Å². The highest BCUT2D eigenvalue weighted by Crippen LogP contribution is 1.99. The number of nitrogens with one attached hydrogen (secondary N) is 1. The van der Waals surface area contributed by atoms with Gasteiger partial charge in [0.25, 0.3) is 0 Å². The quantitative estimate of drug-likeness (QED) is 0.650. The van der Waals surface area contributed by atoms with Gasteiger partial charge in [0.1, 0.15) is 11.4 Å². The number of likely N-dealkylation sites (N-methyl/N-ethyl adjacent to an activating group) is 1. The Balaban J connectivity index is 2.49. The van der Waals surface area contributed by atoms with E-state index in [1.54, 1.807) is 0 Å². The summed E-state index contributed by atoms with van der Waals surface area (Å²) < 4.78 is 4.51. The van der Waals surface area contributed by atoms with Crippen molar-refractivity contribution in [1.29, 1.82) is 0 Å². The Morgan fingerprint density at radius 1 is 1.50 bits per heavy atom. The van der Waals surface area contributed by atoms with E-state index in [1.165, 1.54) is 0 Å². The van der Waals surface area contributed by atoms with E-state index in [9.17, 15) is 0 Å². The lowest BCUT2D eigenvalue weighted by atomic mass is 10.2. The molecule has 0 aromatic carbocycles. The summed E-state index contributed by atoms with van der Waals surface area (Å²) in [5, 5.41) is 10.4. The van der Waals surface area contributed by atoms with Crippen LogP contribution in [0, 0.1) is 6.92 Å². The maximum atomic E-state index is 4.51. The summed E-state index contributed by atoms with van der Waals surface area (Å²) in [6.45, 7) is 2.80. The fourth-order valence-corrected chi connectivity index (χ4v) is 0.720. The minimum atomic E-state index is 0.881. The third-order valence-electron chi connectivity index (χ3n) is 1.36. The van der Waals surface area contributed by atoms with E-state index in [1.807, 2.05) is 14.0 Å². The Morgan fingerprint density at radius 3 is 2.80 bits per heavy atom. The van der Waals surface area contributed by atoms with Crippen LogP contribution in [0.4, 0.5) is 0 Å². The Morgan fingerprint density at radius 2 is 2.30 bits per heavy atom. The molecule has 1 aromatic heterocycles. The largest absolute Gasteiger partial charge is 0.319 e. The molecule has 0 radical (unpaired) electrons. The molecule has 0 saturated carbocycles. The van der Waals surface area contributed by atoms with Crippen molar-refractivity contribution < 1.29 is 4.63 Å². The normalized spacial score (nSPS) is 10.2. The van der Waals surface area contributed by atoms with Gasteiger partial charge in [0.05, 0.1) is 0 Å². The van der Waals surface area contributed by atoms with Crippen LogP contribution < -0.4 is 5.32 Å². The van der Waals surface area contributed by atoms with Crippen molar-refractivity contribution >= 4 is 0 Å². The topological polar surface area (TPSA) is 51.0 Å². The van der Waals surface area contributed by atoms with Gasteiger partial charge < -0.3 is 5.32 Å². The molecule has 1 aromatic rings. The molecule has 4 nitrogen and oxygen atoms in total. The fourth-order valence-electron chi connectivity index (χ4n) is 0.720. The van der Waals surface area contributed by atoms with E-state index >= 15 is 0 Å². The van der Waals surface area contributed by atoms with Gasteiger partial charge in [-0.2, -0.15) is 0 Å². The average Bonchev–Trinajstić information content (AvgIpc) is 2.31. The predicted octanol–water partition coefficient (Wildman–Crippen LogP) is 0.140. The maximum Gasteiger partial charge on any atom is 0.109 e. The molecule has 0 atom stereocenters. The zero-order chi connectivity index (χ0) is 7.40. The molecule has 0 amide bonds. The molecular formula is C6H11N3O. The van der Waals surface area contributed by atoms with Crippen molar-refractivity contribution in [1.82, 2.24) is 15.6 Å². The Labute approximate surface area is 59.6 Å². The molecule has 10 heavy (non-hydrogen) atoms. The van der Waals surface area contributed by atoms with Gasteiger partial charge >= 0.3 is 0 Å². The highest BCUT2D eigenvalue weighted by Gasteiger charge is 2.02. The van der Waals surface area contributed by atoms with E-state index < -0.39 is 0 Å². The average molecular weight is 141 g/mol. The zero-order valence-corrected chi connectivity index (χ0v) is 6.22. The summed E-state index contributed by atoms with van der Waals surface area (Å²) in [7, 11) is 1.91. The van der Waals surface area contributed by atoms with Gasteiger partial charge in [-0.3, -0.25) is 0 Å². The molecule has 0 aliphatic carbocycles. The second-order valence-electron chi connectivity index (χ2n) is 2.15. The standard InChI is InChI=1S/C6H11N3O/c1-5-6(3-4-7-2)9-10-8-5/h7H,3-4H2,1-2H3. The van der Waals surface area contributed by atoms with Gasteiger partial charge in [-0.05, 0) is 14.0 Å². The number of hydrogen-bond acceptors (Lipinski definition) is 4. The summed E-state index contributed by atoms with van der Waals surface area (Å²) in [6, 6.07) is 0. The lowest BCUT2D eigenvalue weighted by Gasteiger charge is -1.92. The number of rotatable bonds is 3. The van der Waals surface area contributed by atoms with Gasteiger partial charge in [0, 0.05) is 13.0 Å². The van der Waals surface area contributed by atoms with E-state index in [2.05, 4.69) is 20.3 Å². The molecule has 0 fully saturated rings. The molecule has 1 N–H and O–H groups in total. The number of aromatic nitrogens is 2. The van der Waals surface area contributed by atoms with E-state index in [-0.39, 0.29) is 0 Å². The van der Waals surface area contributed by atoms with Crippen LogP contribution in [-0.2, 0) is 6.42 Å². The third-order valence-corrected chi connectivity index (χ3v) is 1.36. The molecule has 1 heterocycles. The summed E-state index contributed by atoms with van der Waals surface area (Å²) >= 11 is 0. The number of aryl methyl sites for hydroxylation is 1. The Bertz CT molecular complexity index is 197. The molecule has 0 aliphatic rings. The zero-order valence-electron chi connectivity index (χ0n) is 6.22. The van der Waals surface area contributed by atoms with Crippen molar-refractivity contribution in [2.24, 2.45) is 0 Å². The summed E-state index contributed by atoms with van der Waals surface area (Å²) in [5.41, 5.74) is 1.82. The second-order valence-corrected chi connectivity index (χ2v) is 2.15. The van der Waals surface area contributed by atoms with Crippen molar-refractivity contribution in [2.75, 3.05) is 13.6 Å². The number of hydrogen-bond donors (Lipinski definition) is 1. The van der Waals surface area contributed by atoms with E-state index in [0.29, 0.717) is 0 Å². The summed E-state index contributed by atoms with van der Waals surface area (Å²) in [5.74, 6) is 0. The molecule has 0 bridgehead atoms. The van der Waals surface area contributed by atoms with Crippen molar-refractivity contribution in [3.05, 3.63) is 11.4 Å². The molecule has 56 valence electrons. The highest BCUT2D eigenvalue weighted by molar-refractivity contribution is 5.04. The van der Waals surface area contributed by atoms with Crippen LogP contribution >= 0.6 is 0 Å². The van der Waals surface area contributed by atoms with Crippen molar-refractivity contribution in [2.45, 2.75) is 13.3 Å². The van der Waals surface area contributed by atoms with Crippen molar-refractivity contribution in [3.63, 3.8) is 0 Å². The first-order chi connectivity index (χ1) is 4.84. The lowest BCUT2D eigenvalue weighted by Crippen LogP contribution is -2.10. The van der Waals surface area contributed by atoms with E-state index in [4.69, 9.17) is 0 Å². The van der Waals surface area contributed by atoms with Crippen molar-refractivity contribution in [3.8, 4) is 0 Å². The van der Waals surface area contributed by atoms with Crippen LogP contribution in [0.1, 0.15) is 11.4 Å². The summed E-state index contributed by atoms with van der Waals surface area (Å²) in [6.07, 6.45) is 0.881. The van der Waals surface area contributed by atoms with Gasteiger partial charge in [-0.1, -0.05) is 10.3 Å². The third kappa shape index (κ3) is 1.54. The fraction of sp³-hybridized carbons (Fsp3) is 0.667. The molecule has 4 heteroatoms. The van der Waals surface area contributed by atoms with Crippen LogP contribution in [0.2, 0.25) is 0 Å². The minimum Gasteiger partial charge on any atom is -0.319 e. The second kappa shape index (κ2) is 3.31. The molecule has 0 aliphatic heterocycles. The van der Waals surface area contributed by atoms with Gasteiger partial charge in [0.15, 0.2) is 0 Å². The van der Waals surface area contributed by atoms with Crippen LogP contribution in [0.15, 0.2) is 4.63 Å². The first-order valence-electron chi connectivity index (χ1n) is 3.27. The maximum absolute atomic E-state index is 4.51. The number of nitrogens with zero attached hydrogens (tertiary/aromatic N) is 2. The van der Waals surface area contributed by atoms with Crippen LogP contribution in [-0.4, -0.2) is 23.9 Å². The molecule has 0 spiro atoms. The lowest BCUT2D eigenvalue weighted by molar-refractivity contribution is 0.301. The molecular weight excluding hydrogens is 130 g/mol. The molecule has 0 unspecified atom stereocenters. The first kappa shape index (κ1) is 7.21. The van der Waals surface area contributed by atoms with Gasteiger partial charge in [-0.25, -0.2) is 4.63 Å². The van der Waals surface area contributed by atoms with Crippen LogP contribution in [0.3, 0.4) is 0 Å². The van der Waals surface area contributed by atoms with Crippen LogP contribution in [0.25, 0.3) is 0 Å². The van der Waals surface area contributed by atoms with Crippen LogP contribution in [0.5, 0.6) is 0 Å². The smallest absolute Gasteiger partial charge is 0.109 e. The summed E-state index contributed by atoms with van der Waals surface area (Å²) in [4.78, 5) is 0. The Kier molecular flexibility index (Phi) is 2.39.